The molecule has 5 heteroatoms. The summed E-state index contributed by atoms with van der Waals surface area (Å²) >= 11 is 0. The first-order valence-electron chi connectivity index (χ1n) is 5.55. The average molecular weight is 230 g/mol. The number of hydrogen-bond acceptors (Lipinski definition) is 3. The van der Waals surface area contributed by atoms with Gasteiger partial charge in [-0.25, -0.2) is 0 Å². The molecule has 0 fully saturated rings. The van der Waals surface area contributed by atoms with Crippen LogP contribution in [0.4, 0.5) is 0 Å². The molecule has 0 heterocycles. The standard InChI is InChI=1S/C11H22N2O3/c1-11(2,3)13-8-6-9(14)12-7-4-5-10(15)16/h13H,4-8H2,1-3H3,(H,12,14)(H,15,16). The fraction of sp³-hybridized carbons (Fsp3) is 0.818. The fourth-order valence-electron chi connectivity index (χ4n) is 1.11. The Morgan fingerprint density at radius 3 is 2.25 bits per heavy atom. The zero-order chi connectivity index (χ0) is 12.6. The number of carboxylic acid groups (broad SMARTS) is 1. The van der Waals surface area contributed by atoms with Gasteiger partial charge in [-0.2, -0.15) is 0 Å². The Labute approximate surface area is 96.6 Å². The molecule has 0 aliphatic heterocycles. The quantitative estimate of drug-likeness (QED) is 0.564. The molecule has 0 spiro atoms. The number of carboxylic acids is 1. The molecule has 16 heavy (non-hydrogen) atoms. The summed E-state index contributed by atoms with van der Waals surface area (Å²) in [4.78, 5) is 21.5. The maximum absolute atomic E-state index is 11.3. The maximum atomic E-state index is 11.3. The number of carbonyl (C=O) groups excluding carboxylic acids is 1. The molecule has 0 atom stereocenters. The van der Waals surface area contributed by atoms with Crippen LogP contribution < -0.4 is 10.6 Å². The van der Waals surface area contributed by atoms with Crippen LogP contribution in [-0.2, 0) is 9.59 Å². The Morgan fingerprint density at radius 2 is 1.75 bits per heavy atom. The molecular weight excluding hydrogens is 208 g/mol. The van der Waals surface area contributed by atoms with Gasteiger partial charge in [-0.3, -0.25) is 9.59 Å². The van der Waals surface area contributed by atoms with Crippen molar-refractivity contribution in [1.29, 1.82) is 0 Å². The zero-order valence-electron chi connectivity index (χ0n) is 10.3. The second-order valence-corrected chi connectivity index (χ2v) is 4.77. The second kappa shape index (κ2) is 7.22. The highest BCUT2D eigenvalue weighted by Crippen LogP contribution is 1.97. The van der Waals surface area contributed by atoms with Crippen LogP contribution in [0, 0.1) is 0 Å². The lowest BCUT2D eigenvalue weighted by molar-refractivity contribution is -0.137. The van der Waals surface area contributed by atoms with Gasteiger partial charge in [0.25, 0.3) is 0 Å². The van der Waals surface area contributed by atoms with Gasteiger partial charge in [0.15, 0.2) is 0 Å². The summed E-state index contributed by atoms with van der Waals surface area (Å²) in [6.07, 6.45) is 0.999. The van der Waals surface area contributed by atoms with E-state index in [1.807, 2.05) is 20.8 Å². The first kappa shape index (κ1) is 14.9. The van der Waals surface area contributed by atoms with E-state index in [2.05, 4.69) is 10.6 Å². The highest BCUT2D eigenvalue weighted by Gasteiger charge is 2.09. The third-order valence-corrected chi connectivity index (χ3v) is 1.90. The molecule has 3 N–H and O–H groups in total. The van der Waals surface area contributed by atoms with E-state index in [1.165, 1.54) is 0 Å². The lowest BCUT2D eigenvalue weighted by atomic mass is 10.1. The van der Waals surface area contributed by atoms with Crippen LogP contribution >= 0.6 is 0 Å². The topological polar surface area (TPSA) is 78.4 Å². The van der Waals surface area contributed by atoms with Gasteiger partial charge in [-0.1, -0.05) is 0 Å². The van der Waals surface area contributed by atoms with Gasteiger partial charge in [0.1, 0.15) is 0 Å². The molecule has 0 aliphatic rings. The minimum atomic E-state index is -0.830. The van der Waals surface area contributed by atoms with E-state index in [9.17, 15) is 9.59 Å². The average Bonchev–Trinajstić information content (AvgIpc) is 2.10. The molecule has 0 aliphatic carbocycles. The normalized spacial score (nSPS) is 11.2. The van der Waals surface area contributed by atoms with E-state index in [4.69, 9.17) is 5.11 Å². The van der Waals surface area contributed by atoms with Gasteiger partial charge in [0, 0.05) is 31.5 Å². The smallest absolute Gasteiger partial charge is 0.303 e. The minimum absolute atomic E-state index is 0.0174. The van der Waals surface area contributed by atoms with Crippen molar-refractivity contribution < 1.29 is 14.7 Å². The van der Waals surface area contributed by atoms with E-state index in [0.29, 0.717) is 25.9 Å². The molecule has 0 aromatic heterocycles. The predicted octanol–water partition coefficient (Wildman–Crippen LogP) is 0.746. The number of carbonyl (C=O) groups is 2. The number of aliphatic carboxylic acids is 1. The van der Waals surface area contributed by atoms with Gasteiger partial charge >= 0.3 is 5.97 Å². The molecule has 0 aromatic carbocycles. The van der Waals surface area contributed by atoms with Crippen LogP contribution in [0.15, 0.2) is 0 Å². The third-order valence-electron chi connectivity index (χ3n) is 1.90. The van der Waals surface area contributed by atoms with Gasteiger partial charge in [-0.15, -0.1) is 0 Å². The van der Waals surface area contributed by atoms with Crippen LogP contribution in [0.25, 0.3) is 0 Å². The Hall–Kier alpha value is -1.10. The van der Waals surface area contributed by atoms with Crippen molar-refractivity contribution in [2.45, 2.75) is 45.6 Å². The first-order chi connectivity index (χ1) is 7.31. The van der Waals surface area contributed by atoms with Crippen LogP contribution in [0.3, 0.4) is 0 Å². The Balaban J connectivity index is 3.42. The van der Waals surface area contributed by atoms with E-state index < -0.39 is 5.97 Å². The molecule has 5 nitrogen and oxygen atoms in total. The number of hydrogen-bond donors (Lipinski definition) is 3. The van der Waals surface area contributed by atoms with E-state index in [0.717, 1.165) is 0 Å². The molecule has 0 saturated carbocycles. The fourth-order valence-corrected chi connectivity index (χ4v) is 1.11. The van der Waals surface area contributed by atoms with Crippen molar-refractivity contribution in [3.8, 4) is 0 Å². The van der Waals surface area contributed by atoms with Crippen molar-refractivity contribution in [2.24, 2.45) is 0 Å². The first-order valence-corrected chi connectivity index (χ1v) is 5.55. The van der Waals surface area contributed by atoms with Crippen LogP contribution in [0.5, 0.6) is 0 Å². The number of rotatable bonds is 7. The minimum Gasteiger partial charge on any atom is -0.481 e. The molecule has 0 saturated heterocycles. The third kappa shape index (κ3) is 11.0. The largest absolute Gasteiger partial charge is 0.481 e. The van der Waals surface area contributed by atoms with Crippen molar-refractivity contribution in [3.63, 3.8) is 0 Å². The lowest BCUT2D eigenvalue weighted by Gasteiger charge is -2.20. The van der Waals surface area contributed by atoms with Crippen molar-refractivity contribution in [3.05, 3.63) is 0 Å². The van der Waals surface area contributed by atoms with Crippen molar-refractivity contribution in [1.82, 2.24) is 10.6 Å². The SMILES string of the molecule is CC(C)(C)NCCC(=O)NCCCC(=O)O. The molecule has 0 unspecified atom stereocenters. The zero-order valence-corrected chi connectivity index (χ0v) is 10.3. The van der Waals surface area contributed by atoms with Crippen LogP contribution in [0.2, 0.25) is 0 Å². The summed E-state index contributed by atoms with van der Waals surface area (Å²) in [5, 5.41) is 14.3. The number of amides is 1. The van der Waals surface area contributed by atoms with E-state index in [-0.39, 0.29) is 17.9 Å². The van der Waals surface area contributed by atoms with E-state index >= 15 is 0 Å². The summed E-state index contributed by atoms with van der Waals surface area (Å²) in [6.45, 7) is 7.18. The van der Waals surface area contributed by atoms with Gasteiger partial charge in [0.2, 0.25) is 5.91 Å². The van der Waals surface area contributed by atoms with Crippen molar-refractivity contribution >= 4 is 11.9 Å². The Morgan fingerprint density at radius 1 is 1.12 bits per heavy atom. The van der Waals surface area contributed by atoms with Crippen molar-refractivity contribution in [2.75, 3.05) is 13.1 Å². The molecular formula is C11H22N2O3. The summed E-state index contributed by atoms with van der Waals surface area (Å²) in [5.74, 6) is -0.870. The molecule has 94 valence electrons. The maximum Gasteiger partial charge on any atom is 0.303 e. The summed E-state index contributed by atoms with van der Waals surface area (Å²) < 4.78 is 0. The monoisotopic (exact) mass is 230 g/mol. The molecule has 0 bridgehead atoms. The van der Waals surface area contributed by atoms with Gasteiger partial charge in [0.05, 0.1) is 0 Å². The number of nitrogens with one attached hydrogen (secondary N) is 2. The second-order valence-electron chi connectivity index (χ2n) is 4.77. The summed E-state index contributed by atoms with van der Waals surface area (Å²) in [5.41, 5.74) is 0.0174. The lowest BCUT2D eigenvalue weighted by Crippen LogP contribution is -2.38. The highest BCUT2D eigenvalue weighted by molar-refractivity contribution is 5.76. The summed E-state index contributed by atoms with van der Waals surface area (Å²) in [6, 6.07) is 0. The molecule has 0 radical (unpaired) electrons. The summed E-state index contributed by atoms with van der Waals surface area (Å²) in [7, 11) is 0. The molecule has 0 aromatic rings. The van der Waals surface area contributed by atoms with Crippen LogP contribution in [0.1, 0.15) is 40.0 Å². The van der Waals surface area contributed by atoms with Gasteiger partial charge < -0.3 is 15.7 Å². The highest BCUT2D eigenvalue weighted by atomic mass is 16.4. The van der Waals surface area contributed by atoms with Gasteiger partial charge in [-0.05, 0) is 27.2 Å². The Bertz CT molecular complexity index is 234. The van der Waals surface area contributed by atoms with Crippen LogP contribution in [-0.4, -0.2) is 35.6 Å². The molecule has 0 rings (SSSR count). The predicted molar refractivity (Wildman–Crippen MR) is 62.3 cm³/mol. The molecule has 1 amide bonds. The van der Waals surface area contributed by atoms with E-state index in [1.54, 1.807) is 0 Å². The Kier molecular flexibility index (Phi) is 6.72.